The highest BCUT2D eigenvalue weighted by atomic mass is 32.2. The van der Waals surface area contributed by atoms with Gasteiger partial charge in [0.25, 0.3) is 0 Å². The molecule has 0 aliphatic rings. The molecule has 29 heavy (non-hydrogen) atoms. The highest BCUT2D eigenvalue weighted by molar-refractivity contribution is 7.89. The topological polar surface area (TPSA) is 74.7 Å². The maximum atomic E-state index is 12.3. The van der Waals surface area contributed by atoms with E-state index in [1.54, 1.807) is 24.4 Å². The second-order valence-corrected chi connectivity index (χ2v) is 10.1. The van der Waals surface area contributed by atoms with E-state index in [0.717, 1.165) is 11.1 Å². The molecule has 1 aromatic heterocycles. The van der Waals surface area contributed by atoms with E-state index in [1.807, 2.05) is 23.6 Å². The number of nitrogens with zero attached hydrogens (tertiary/aromatic N) is 3. The molecule has 0 fully saturated rings. The molecule has 0 atom stereocenters. The van der Waals surface area contributed by atoms with Gasteiger partial charge >= 0.3 is 0 Å². The third kappa shape index (κ3) is 5.09. The first kappa shape index (κ1) is 21.2. The van der Waals surface area contributed by atoms with Gasteiger partial charge < -0.3 is 0 Å². The van der Waals surface area contributed by atoms with Crippen LogP contribution in [0.15, 0.2) is 63.9 Å². The molecule has 0 radical (unpaired) electrons. The molecule has 1 heterocycles. The zero-order valence-electron chi connectivity index (χ0n) is 16.8. The number of aromatic nitrogens is 1. The minimum Gasteiger partial charge on any atom is -0.253 e. The summed E-state index contributed by atoms with van der Waals surface area (Å²) in [7, 11) is -0.454. The second-order valence-electron chi connectivity index (χ2n) is 7.04. The fraction of sp³-hybridized carbons (Fsp3) is 0.238. The van der Waals surface area contributed by atoms with E-state index in [-0.39, 0.29) is 4.90 Å². The van der Waals surface area contributed by atoms with E-state index in [4.69, 9.17) is 0 Å². The molecule has 0 amide bonds. The van der Waals surface area contributed by atoms with Crippen LogP contribution in [0.25, 0.3) is 11.3 Å². The van der Waals surface area contributed by atoms with Gasteiger partial charge in [0, 0.05) is 25.0 Å². The van der Waals surface area contributed by atoms with E-state index in [2.05, 4.69) is 41.5 Å². The molecule has 2 aromatic carbocycles. The Balaban J connectivity index is 1.71. The second kappa shape index (κ2) is 8.86. The fourth-order valence-electron chi connectivity index (χ4n) is 2.61. The van der Waals surface area contributed by atoms with Crippen LogP contribution < -0.4 is 5.43 Å². The molecule has 0 saturated heterocycles. The van der Waals surface area contributed by atoms with Crippen molar-refractivity contribution in [3.8, 4) is 11.3 Å². The van der Waals surface area contributed by atoms with E-state index < -0.39 is 10.0 Å². The van der Waals surface area contributed by atoms with Crippen LogP contribution in [0.3, 0.4) is 0 Å². The molecule has 0 aliphatic carbocycles. The molecule has 6 nitrogen and oxygen atoms in total. The molecule has 0 spiro atoms. The number of benzene rings is 2. The molecule has 0 aliphatic heterocycles. The molecule has 0 saturated carbocycles. The van der Waals surface area contributed by atoms with Gasteiger partial charge in [0.2, 0.25) is 15.2 Å². The van der Waals surface area contributed by atoms with Gasteiger partial charge in [-0.15, -0.1) is 11.3 Å². The molecule has 152 valence electrons. The monoisotopic (exact) mass is 428 g/mol. The summed E-state index contributed by atoms with van der Waals surface area (Å²) in [6.45, 7) is 4.33. The van der Waals surface area contributed by atoms with Crippen molar-refractivity contribution < 1.29 is 8.42 Å². The first-order valence-corrected chi connectivity index (χ1v) is 11.5. The standard InChI is InChI=1S/C21H24N4O2S2/c1-15(2)17-10-8-16(9-11-17)13-22-24-21-23-20(14-28-21)18-6-5-7-19(12-18)29(26,27)25(3)4/h5-15H,1-4H3,(H,23,24). The third-order valence-electron chi connectivity index (χ3n) is 4.39. The van der Waals surface area contributed by atoms with Crippen LogP contribution >= 0.6 is 11.3 Å². The third-order valence-corrected chi connectivity index (χ3v) is 6.95. The largest absolute Gasteiger partial charge is 0.253 e. The van der Waals surface area contributed by atoms with Crippen LogP contribution in [0.4, 0.5) is 5.13 Å². The Morgan fingerprint density at radius 3 is 2.52 bits per heavy atom. The number of hydrogen-bond donors (Lipinski definition) is 1. The summed E-state index contributed by atoms with van der Waals surface area (Å²) in [5, 5.41) is 6.75. The van der Waals surface area contributed by atoms with Crippen molar-refractivity contribution in [2.24, 2.45) is 5.10 Å². The molecular weight excluding hydrogens is 404 g/mol. The summed E-state index contributed by atoms with van der Waals surface area (Å²) in [5.41, 5.74) is 6.66. The predicted octanol–water partition coefficient (Wildman–Crippen LogP) is 4.63. The van der Waals surface area contributed by atoms with Crippen LogP contribution in [0.2, 0.25) is 0 Å². The smallest absolute Gasteiger partial charge is 0.242 e. The minimum atomic E-state index is -3.48. The lowest BCUT2D eigenvalue weighted by Crippen LogP contribution is -2.22. The number of nitrogens with one attached hydrogen (secondary N) is 1. The first-order chi connectivity index (χ1) is 13.8. The Morgan fingerprint density at radius 2 is 1.86 bits per heavy atom. The van der Waals surface area contributed by atoms with E-state index in [0.29, 0.717) is 16.7 Å². The molecule has 1 N–H and O–H groups in total. The van der Waals surface area contributed by atoms with Gasteiger partial charge in [-0.2, -0.15) is 5.10 Å². The number of sulfonamides is 1. The summed E-state index contributed by atoms with van der Waals surface area (Å²) >= 11 is 1.41. The van der Waals surface area contributed by atoms with Gasteiger partial charge in [0.1, 0.15) is 0 Å². The Morgan fingerprint density at radius 1 is 1.14 bits per heavy atom. The van der Waals surface area contributed by atoms with Crippen molar-refractivity contribution in [2.75, 3.05) is 19.5 Å². The van der Waals surface area contributed by atoms with Crippen LogP contribution in [0.1, 0.15) is 30.9 Å². The van der Waals surface area contributed by atoms with E-state index >= 15 is 0 Å². The Kier molecular flexibility index (Phi) is 6.46. The first-order valence-electron chi connectivity index (χ1n) is 9.15. The van der Waals surface area contributed by atoms with Crippen molar-refractivity contribution >= 4 is 32.7 Å². The van der Waals surface area contributed by atoms with Gasteiger partial charge in [-0.1, -0.05) is 50.2 Å². The van der Waals surface area contributed by atoms with Gasteiger partial charge in [-0.25, -0.2) is 17.7 Å². The summed E-state index contributed by atoms with van der Waals surface area (Å²) < 4.78 is 25.9. The Hall–Kier alpha value is -2.55. The van der Waals surface area contributed by atoms with E-state index in [1.165, 1.54) is 35.3 Å². The van der Waals surface area contributed by atoms with Crippen molar-refractivity contribution in [1.29, 1.82) is 0 Å². The van der Waals surface area contributed by atoms with E-state index in [9.17, 15) is 8.42 Å². The number of anilines is 1. The quantitative estimate of drug-likeness (QED) is 0.440. The lowest BCUT2D eigenvalue weighted by molar-refractivity contribution is 0.521. The summed E-state index contributed by atoms with van der Waals surface area (Å²) in [6, 6.07) is 15.0. The summed E-state index contributed by atoms with van der Waals surface area (Å²) in [4.78, 5) is 4.74. The predicted molar refractivity (Wildman–Crippen MR) is 120 cm³/mol. The lowest BCUT2D eigenvalue weighted by Gasteiger charge is -2.11. The van der Waals surface area contributed by atoms with Crippen molar-refractivity contribution in [3.63, 3.8) is 0 Å². The molecule has 0 bridgehead atoms. The number of thiazole rings is 1. The van der Waals surface area contributed by atoms with Crippen molar-refractivity contribution in [2.45, 2.75) is 24.7 Å². The number of hydrogen-bond acceptors (Lipinski definition) is 6. The van der Waals surface area contributed by atoms with Gasteiger partial charge in [0.05, 0.1) is 16.8 Å². The normalized spacial score (nSPS) is 12.2. The van der Waals surface area contributed by atoms with Crippen LogP contribution in [0.5, 0.6) is 0 Å². The Labute approximate surface area is 176 Å². The molecule has 8 heteroatoms. The lowest BCUT2D eigenvalue weighted by atomic mass is 10.0. The Bertz CT molecular complexity index is 1100. The molecular formula is C21H24N4O2S2. The number of hydrazone groups is 1. The molecule has 0 unspecified atom stereocenters. The highest BCUT2D eigenvalue weighted by Gasteiger charge is 2.18. The van der Waals surface area contributed by atoms with Crippen LogP contribution in [-0.4, -0.2) is 38.0 Å². The van der Waals surface area contributed by atoms with Crippen molar-refractivity contribution in [3.05, 3.63) is 65.0 Å². The van der Waals surface area contributed by atoms with Gasteiger partial charge in [-0.05, 0) is 29.2 Å². The maximum absolute atomic E-state index is 12.3. The maximum Gasteiger partial charge on any atom is 0.242 e. The van der Waals surface area contributed by atoms with Gasteiger partial charge in [0.15, 0.2) is 0 Å². The van der Waals surface area contributed by atoms with Crippen LogP contribution in [-0.2, 0) is 10.0 Å². The SMILES string of the molecule is CC(C)c1ccc(C=NNc2nc(-c3cccc(S(=O)(=O)N(C)C)c3)cs2)cc1. The number of rotatable bonds is 7. The van der Waals surface area contributed by atoms with Crippen molar-refractivity contribution in [1.82, 2.24) is 9.29 Å². The zero-order chi connectivity index (χ0) is 21.0. The fourth-order valence-corrected chi connectivity index (χ4v) is 4.23. The minimum absolute atomic E-state index is 0.241. The summed E-state index contributed by atoms with van der Waals surface area (Å²) in [6.07, 6.45) is 1.75. The highest BCUT2D eigenvalue weighted by Crippen LogP contribution is 2.27. The van der Waals surface area contributed by atoms with Gasteiger partial charge in [-0.3, -0.25) is 5.43 Å². The molecule has 3 rings (SSSR count). The average Bonchev–Trinajstić information content (AvgIpc) is 3.17. The zero-order valence-corrected chi connectivity index (χ0v) is 18.5. The van der Waals surface area contributed by atoms with Crippen LogP contribution in [0, 0.1) is 0 Å². The average molecular weight is 429 g/mol. The summed E-state index contributed by atoms with van der Waals surface area (Å²) in [5.74, 6) is 0.499. The molecule has 3 aromatic rings.